The van der Waals surface area contributed by atoms with Crippen LogP contribution >= 0.6 is 0 Å². The van der Waals surface area contributed by atoms with Crippen molar-refractivity contribution in [3.63, 3.8) is 0 Å². The Kier molecular flexibility index (Phi) is 10.9. The topological polar surface area (TPSA) is 94.1 Å². The number of hydrogen-bond acceptors (Lipinski definition) is 6. The van der Waals surface area contributed by atoms with Gasteiger partial charge in [-0.15, -0.1) is 0 Å². The predicted molar refractivity (Wildman–Crippen MR) is 158 cm³/mol. The van der Waals surface area contributed by atoms with E-state index in [1.807, 2.05) is 13.8 Å². The third-order valence-electron chi connectivity index (χ3n) is 8.86. The van der Waals surface area contributed by atoms with Gasteiger partial charge in [0.15, 0.2) is 0 Å². The van der Waals surface area contributed by atoms with E-state index in [9.17, 15) is 14.7 Å². The maximum Gasteiger partial charge on any atom is 0.227 e. The first kappa shape index (κ1) is 30.8. The summed E-state index contributed by atoms with van der Waals surface area (Å²) < 4.78 is 5.27. The first-order valence-corrected chi connectivity index (χ1v) is 15.5. The minimum atomic E-state index is -0.591. The molecule has 0 spiro atoms. The van der Waals surface area contributed by atoms with Gasteiger partial charge in [0.25, 0.3) is 0 Å². The largest absolute Gasteiger partial charge is 0.391 e. The van der Waals surface area contributed by atoms with E-state index in [-0.39, 0.29) is 41.5 Å². The minimum absolute atomic E-state index is 0.0551. The van der Waals surface area contributed by atoms with Gasteiger partial charge in [0.2, 0.25) is 11.8 Å². The van der Waals surface area contributed by atoms with Crippen LogP contribution in [0.2, 0.25) is 0 Å². The number of amides is 2. The van der Waals surface area contributed by atoms with Crippen LogP contribution in [0, 0.1) is 29.6 Å². The van der Waals surface area contributed by atoms with Crippen molar-refractivity contribution in [3.05, 3.63) is 36.1 Å². The van der Waals surface area contributed by atoms with Crippen molar-refractivity contribution in [2.75, 3.05) is 39.9 Å². The molecule has 4 aliphatic rings. The van der Waals surface area contributed by atoms with Crippen LogP contribution in [0.1, 0.15) is 59.8 Å². The van der Waals surface area contributed by atoms with Gasteiger partial charge in [0.1, 0.15) is 0 Å². The summed E-state index contributed by atoms with van der Waals surface area (Å²) in [4.78, 5) is 31.8. The second kappa shape index (κ2) is 14.1. The maximum absolute atomic E-state index is 14.0. The fraction of sp³-hybridized carbons (Fsp3) is 0.750. The molecule has 224 valence electrons. The molecule has 1 saturated carbocycles. The van der Waals surface area contributed by atoms with Crippen molar-refractivity contribution in [1.29, 1.82) is 0 Å². The zero-order valence-electron chi connectivity index (χ0n) is 25.2. The number of hydrogen-bond donors (Lipinski definition) is 3. The number of nitrogens with zero attached hydrogens (tertiary/aromatic N) is 2. The van der Waals surface area contributed by atoms with Gasteiger partial charge in [-0.1, -0.05) is 52.0 Å². The SMILES string of the molecule is COCCCN1C=C(CN(C(=O)[C@H]2CNC[C@@H](C(=O)NC(CC(C)C)C(O)C(C)C)C2)C2CC2)C2C=CC=CC21. The highest BCUT2D eigenvalue weighted by atomic mass is 16.5. The molecule has 2 fully saturated rings. The van der Waals surface area contributed by atoms with Gasteiger partial charge in [-0.25, -0.2) is 0 Å². The summed E-state index contributed by atoms with van der Waals surface area (Å²) in [5.41, 5.74) is 1.29. The molecule has 6 atom stereocenters. The van der Waals surface area contributed by atoms with Gasteiger partial charge in [-0.05, 0) is 49.5 Å². The summed E-state index contributed by atoms with van der Waals surface area (Å²) in [6.07, 6.45) is 14.8. The number of ether oxygens (including phenoxy) is 1. The molecule has 0 aromatic carbocycles. The van der Waals surface area contributed by atoms with Gasteiger partial charge >= 0.3 is 0 Å². The molecule has 3 N–H and O–H groups in total. The Hall–Kier alpha value is -2.16. The van der Waals surface area contributed by atoms with Gasteiger partial charge in [0, 0.05) is 58.1 Å². The number of methoxy groups -OCH3 is 1. The Balaban J connectivity index is 1.41. The van der Waals surface area contributed by atoms with Gasteiger partial charge in [-0.3, -0.25) is 9.59 Å². The lowest BCUT2D eigenvalue weighted by Crippen LogP contribution is -2.53. The number of aliphatic hydroxyl groups is 1. The van der Waals surface area contributed by atoms with Crippen LogP contribution in [0.3, 0.4) is 0 Å². The second-order valence-electron chi connectivity index (χ2n) is 13.0. The quantitative estimate of drug-likeness (QED) is 0.285. The van der Waals surface area contributed by atoms with Crippen LogP contribution in [-0.4, -0.2) is 90.8 Å². The molecule has 0 aromatic heterocycles. The van der Waals surface area contributed by atoms with E-state index < -0.39 is 6.10 Å². The predicted octanol–water partition coefficient (Wildman–Crippen LogP) is 3.10. The molecule has 0 bridgehead atoms. The fourth-order valence-electron chi connectivity index (χ4n) is 6.48. The van der Waals surface area contributed by atoms with Crippen molar-refractivity contribution in [2.24, 2.45) is 29.6 Å². The molecule has 40 heavy (non-hydrogen) atoms. The fourth-order valence-corrected chi connectivity index (χ4v) is 6.48. The van der Waals surface area contributed by atoms with Crippen molar-refractivity contribution < 1.29 is 19.4 Å². The van der Waals surface area contributed by atoms with Crippen molar-refractivity contribution >= 4 is 11.8 Å². The highest BCUT2D eigenvalue weighted by molar-refractivity contribution is 5.83. The first-order valence-electron chi connectivity index (χ1n) is 15.5. The highest BCUT2D eigenvalue weighted by Gasteiger charge is 2.42. The van der Waals surface area contributed by atoms with Crippen molar-refractivity contribution in [1.82, 2.24) is 20.4 Å². The number of aliphatic hydroxyl groups excluding tert-OH is 1. The number of rotatable bonds is 14. The number of piperidine rings is 1. The van der Waals surface area contributed by atoms with E-state index in [2.05, 4.69) is 64.8 Å². The Morgan fingerprint density at radius 3 is 2.55 bits per heavy atom. The first-order chi connectivity index (χ1) is 19.2. The summed E-state index contributed by atoms with van der Waals surface area (Å²) in [6, 6.07) is 0.318. The van der Waals surface area contributed by atoms with E-state index >= 15 is 0 Å². The van der Waals surface area contributed by atoms with Gasteiger partial charge in [-0.2, -0.15) is 0 Å². The normalized spacial score (nSPS) is 27.5. The Bertz CT molecular complexity index is 957. The van der Waals surface area contributed by atoms with Gasteiger partial charge in [0.05, 0.1) is 30.0 Å². The number of allylic oxidation sites excluding steroid dienone is 2. The zero-order chi connectivity index (χ0) is 28.8. The summed E-state index contributed by atoms with van der Waals surface area (Å²) >= 11 is 0. The number of carbonyl (C=O) groups excluding carboxylic acids is 2. The van der Waals surface area contributed by atoms with Crippen molar-refractivity contribution in [3.8, 4) is 0 Å². The van der Waals surface area contributed by atoms with E-state index in [1.165, 1.54) is 5.57 Å². The minimum Gasteiger partial charge on any atom is -0.391 e. The lowest BCUT2D eigenvalue weighted by atomic mass is 9.87. The second-order valence-corrected chi connectivity index (χ2v) is 13.0. The summed E-state index contributed by atoms with van der Waals surface area (Å²) in [5.74, 6) is 0.315. The molecule has 8 heteroatoms. The Morgan fingerprint density at radius 2 is 1.88 bits per heavy atom. The van der Waals surface area contributed by atoms with Crippen LogP contribution in [0.4, 0.5) is 0 Å². The molecule has 4 unspecified atom stereocenters. The van der Waals surface area contributed by atoms with Crippen LogP contribution in [0.15, 0.2) is 36.1 Å². The molecule has 2 aliphatic carbocycles. The van der Waals surface area contributed by atoms with E-state index in [0.717, 1.165) is 38.8 Å². The molecule has 2 amide bonds. The molecular weight excluding hydrogens is 504 g/mol. The molecule has 0 aromatic rings. The Labute approximate surface area is 241 Å². The van der Waals surface area contributed by atoms with Crippen LogP contribution in [0.25, 0.3) is 0 Å². The third kappa shape index (κ3) is 7.77. The van der Waals surface area contributed by atoms with E-state index in [1.54, 1.807) is 7.11 Å². The average molecular weight is 557 g/mol. The molecule has 2 aliphatic heterocycles. The van der Waals surface area contributed by atoms with Crippen LogP contribution in [-0.2, 0) is 14.3 Å². The van der Waals surface area contributed by atoms with E-state index in [0.29, 0.717) is 44.1 Å². The highest BCUT2D eigenvalue weighted by Crippen LogP contribution is 2.37. The summed E-state index contributed by atoms with van der Waals surface area (Å²) in [5, 5.41) is 17.3. The standard InChI is InChI=1S/C32H52N4O4/c1-21(2)15-28(30(37)22(3)4)34-31(38)23-16-24(18-33-17-23)32(39)36(26-11-12-26)20-25-19-35(13-8-14-40-5)29-10-7-6-9-27(25)29/h6-7,9-10,19,21-24,26-30,33,37H,8,11-18,20H2,1-5H3,(H,34,38)/t23-,24+,27?,28?,29?,30?/m0/s1. The molecular formula is C32H52N4O4. The average Bonchev–Trinajstić information content (AvgIpc) is 3.73. The maximum atomic E-state index is 14.0. The zero-order valence-corrected chi connectivity index (χ0v) is 25.2. The summed E-state index contributed by atoms with van der Waals surface area (Å²) in [6.45, 7) is 11.7. The van der Waals surface area contributed by atoms with Crippen molar-refractivity contribution in [2.45, 2.75) is 84.0 Å². The molecule has 4 rings (SSSR count). The lowest BCUT2D eigenvalue weighted by Gasteiger charge is -2.35. The molecule has 1 saturated heterocycles. The Morgan fingerprint density at radius 1 is 1.15 bits per heavy atom. The molecule has 8 nitrogen and oxygen atoms in total. The van der Waals surface area contributed by atoms with Crippen LogP contribution < -0.4 is 10.6 Å². The number of nitrogens with one attached hydrogen (secondary N) is 2. The molecule has 2 heterocycles. The summed E-state index contributed by atoms with van der Waals surface area (Å²) in [7, 11) is 1.74. The van der Waals surface area contributed by atoms with Crippen LogP contribution in [0.5, 0.6) is 0 Å². The smallest absolute Gasteiger partial charge is 0.227 e. The number of fused-ring (bicyclic) bond motifs is 1. The molecule has 0 radical (unpaired) electrons. The monoisotopic (exact) mass is 556 g/mol. The lowest BCUT2D eigenvalue weighted by molar-refractivity contribution is -0.138. The van der Waals surface area contributed by atoms with E-state index in [4.69, 9.17) is 4.74 Å². The number of carbonyl (C=O) groups is 2. The third-order valence-corrected chi connectivity index (χ3v) is 8.86. The van der Waals surface area contributed by atoms with Gasteiger partial charge < -0.3 is 30.3 Å².